The normalized spacial score (nSPS) is 10.6. The highest BCUT2D eigenvalue weighted by Gasteiger charge is 2.08. The Morgan fingerprint density at radius 3 is 1.35 bits per heavy atom. The fraction of sp³-hybridized carbons (Fsp3) is 1.00. The van der Waals surface area contributed by atoms with Crippen molar-refractivity contribution < 1.29 is 19.7 Å². The Morgan fingerprint density at radius 2 is 1.09 bits per heavy atom. The molecule has 0 amide bonds. The number of aliphatic hydroxyl groups excluding tert-OH is 2. The van der Waals surface area contributed by atoms with Crippen molar-refractivity contribution >= 4 is 0 Å². The van der Waals surface area contributed by atoms with E-state index in [1.165, 1.54) is 51.4 Å². The molecular weight excluding hydrogens is 424 g/mol. The zero-order valence-electron chi connectivity index (χ0n) is 26.3. The van der Waals surface area contributed by atoms with E-state index in [1.54, 1.807) is 27.7 Å². The van der Waals surface area contributed by atoms with Crippen LogP contribution in [0.25, 0.3) is 0 Å². The van der Waals surface area contributed by atoms with E-state index in [1.807, 2.05) is 20.8 Å². The molecular formula is C30H70O4. The van der Waals surface area contributed by atoms with Gasteiger partial charge in [-0.3, -0.25) is 0 Å². The van der Waals surface area contributed by atoms with Crippen molar-refractivity contribution in [3.05, 3.63) is 0 Å². The van der Waals surface area contributed by atoms with Gasteiger partial charge in [0.15, 0.2) is 0 Å². The highest BCUT2D eigenvalue weighted by atomic mass is 16.5. The molecule has 0 saturated carbocycles. The quantitative estimate of drug-likeness (QED) is 0.266. The molecule has 0 aliphatic heterocycles. The largest absolute Gasteiger partial charge is 0.394 e. The van der Waals surface area contributed by atoms with Crippen LogP contribution in [0.4, 0.5) is 0 Å². The summed E-state index contributed by atoms with van der Waals surface area (Å²) in [5.74, 6) is 0.889. The maximum Gasteiger partial charge on any atom is 0.0703 e. The Bertz CT molecular complexity index is 294. The van der Waals surface area contributed by atoms with Crippen LogP contribution >= 0.6 is 0 Å². The number of ether oxygens (including phenoxy) is 2. The summed E-state index contributed by atoms with van der Waals surface area (Å²) in [6.45, 7) is 31.1. The average Bonchev–Trinajstić information content (AvgIpc) is 2.64. The predicted octanol–water partition coefficient (Wildman–Crippen LogP) is 9.06. The van der Waals surface area contributed by atoms with Crippen LogP contribution in [0.2, 0.25) is 0 Å². The van der Waals surface area contributed by atoms with E-state index in [9.17, 15) is 0 Å². The second-order valence-electron chi connectivity index (χ2n) is 11.2. The Morgan fingerprint density at radius 1 is 0.647 bits per heavy atom. The summed E-state index contributed by atoms with van der Waals surface area (Å²) < 4.78 is 10.3. The smallest absolute Gasteiger partial charge is 0.0703 e. The van der Waals surface area contributed by atoms with Gasteiger partial charge in [-0.2, -0.15) is 0 Å². The summed E-state index contributed by atoms with van der Waals surface area (Å²) in [4.78, 5) is 0. The minimum absolute atomic E-state index is 0.167. The molecule has 0 aromatic heterocycles. The SMILES string of the molecule is CC(C)CCCCCC(C)(C)C.CC(C)O.CC(C)O.CCCCC.CCOCCOC(C)C. The highest BCUT2D eigenvalue weighted by Crippen LogP contribution is 2.22. The van der Waals surface area contributed by atoms with Crippen LogP contribution in [-0.2, 0) is 9.47 Å². The van der Waals surface area contributed by atoms with E-state index in [-0.39, 0.29) is 12.2 Å². The third-order valence-electron chi connectivity index (χ3n) is 3.80. The molecule has 0 fully saturated rings. The highest BCUT2D eigenvalue weighted by molar-refractivity contribution is 4.61. The fourth-order valence-electron chi connectivity index (χ4n) is 2.23. The number of hydrogen-bond donors (Lipinski definition) is 2. The molecule has 0 atom stereocenters. The fourth-order valence-corrected chi connectivity index (χ4v) is 2.23. The number of aliphatic hydroxyl groups is 2. The third kappa shape index (κ3) is 107. The monoisotopic (exact) mass is 495 g/mol. The van der Waals surface area contributed by atoms with Crippen LogP contribution in [0.5, 0.6) is 0 Å². The molecule has 0 spiro atoms. The number of hydrogen-bond acceptors (Lipinski definition) is 4. The van der Waals surface area contributed by atoms with E-state index in [2.05, 4.69) is 48.5 Å². The molecule has 4 heteroatoms. The first-order chi connectivity index (χ1) is 15.6. The molecule has 0 aromatic rings. The van der Waals surface area contributed by atoms with Gasteiger partial charge in [-0.25, -0.2) is 0 Å². The number of unbranched alkanes of at least 4 members (excludes halogenated alkanes) is 4. The molecule has 0 rings (SSSR count). The van der Waals surface area contributed by atoms with Crippen molar-refractivity contribution in [1.82, 2.24) is 0 Å². The first-order valence-corrected chi connectivity index (χ1v) is 14.1. The van der Waals surface area contributed by atoms with E-state index in [0.29, 0.717) is 24.7 Å². The van der Waals surface area contributed by atoms with Gasteiger partial charge < -0.3 is 19.7 Å². The lowest BCUT2D eigenvalue weighted by Gasteiger charge is -2.17. The van der Waals surface area contributed by atoms with Gasteiger partial charge in [0.1, 0.15) is 0 Å². The summed E-state index contributed by atoms with van der Waals surface area (Å²) in [5.41, 5.74) is 0.540. The van der Waals surface area contributed by atoms with E-state index in [4.69, 9.17) is 19.7 Å². The lowest BCUT2D eigenvalue weighted by Crippen LogP contribution is -2.09. The molecule has 4 nitrogen and oxygen atoms in total. The standard InChI is InChI=1S/C12H26.C7H16O2.C5H12.2C3H8O/c1-11(2)9-7-6-8-10-12(3,4)5;1-4-8-5-6-9-7(2)3;1-3-5-4-2;2*1-3(2)4/h11H,6-10H2,1-5H3;7H,4-6H2,1-3H3;3-5H2,1-2H3;2*3-4H,1-2H3. The zero-order chi connectivity index (χ0) is 28.0. The van der Waals surface area contributed by atoms with Gasteiger partial charge in [0.05, 0.1) is 19.3 Å². The molecule has 0 aliphatic rings. The summed E-state index contributed by atoms with van der Waals surface area (Å²) in [5, 5.41) is 16.1. The van der Waals surface area contributed by atoms with Crippen molar-refractivity contribution in [3.63, 3.8) is 0 Å². The molecule has 34 heavy (non-hydrogen) atoms. The molecule has 0 aromatic carbocycles. The van der Waals surface area contributed by atoms with Gasteiger partial charge >= 0.3 is 0 Å². The van der Waals surface area contributed by atoms with E-state index >= 15 is 0 Å². The lowest BCUT2D eigenvalue weighted by molar-refractivity contribution is 0.0230. The van der Waals surface area contributed by atoms with Gasteiger partial charge in [-0.05, 0) is 66.2 Å². The first-order valence-electron chi connectivity index (χ1n) is 14.1. The van der Waals surface area contributed by atoms with Crippen LogP contribution in [-0.4, -0.2) is 48.3 Å². The van der Waals surface area contributed by atoms with Gasteiger partial charge in [0, 0.05) is 18.8 Å². The van der Waals surface area contributed by atoms with Crippen molar-refractivity contribution in [2.24, 2.45) is 11.3 Å². The van der Waals surface area contributed by atoms with Gasteiger partial charge in [-0.15, -0.1) is 0 Å². The van der Waals surface area contributed by atoms with Gasteiger partial charge in [0.25, 0.3) is 0 Å². The molecule has 0 heterocycles. The van der Waals surface area contributed by atoms with Gasteiger partial charge in [0.2, 0.25) is 0 Å². The predicted molar refractivity (Wildman–Crippen MR) is 155 cm³/mol. The van der Waals surface area contributed by atoms with Crippen LogP contribution in [0.1, 0.15) is 148 Å². The molecule has 0 radical (unpaired) electrons. The van der Waals surface area contributed by atoms with Crippen LogP contribution in [0.3, 0.4) is 0 Å². The van der Waals surface area contributed by atoms with Crippen LogP contribution in [0.15, 0.2) is 0 Å². The maximum absolute atomic E-state index is 8.06. The molecule has 214 valence electrons. The van der Waals surface area contributed by atoms with Crippen molar-refractivity contribution in [2.45, 2.75) is 167 Å². The first kappa shape index (κ1) is 43.9. The molecule has 0 aliphatic carbocycles. The van der Waals surface area contributed by atoms with Crippen LogP contribution in [0, 0.1) is 11.3 Å². The van der Waals surface area contributed by atoms with E-state index in [0.717, 1.165) is 12.5 Å². The second-order valence-corrected chi connectivity index (χ2v) is 11.2. The topological polar surface area (TPSA) is 58.9 Å². The van der Waals surface area contributed by atoms with Gasteiger partial charge in [-0.1, -0.05) is 93.4 Å². The molecule has 0 unspecified atom stereocenters. The molecule has 0 saturated heterocycles. The van der Waals surface area contributed by atoms with Crippen molar-refractivity contribution in [2.75, 3.05) is 19.8 Å². The average molecular weight is 495 g/mol. The summed E-state index contributed by atoms with van der Waals surface area (Å²) in [7, 11) is 0. The Labute approximate surface area is 217 Å². The summed E-state index contributed by atoms with van der Waals surface area (Å²) in [6, 6.07) is 0. The maximum atomic E-state index is 8.06. The second kappa shape index (κ2) is 35.0. The zero-order valence-corrected chi connectivity index (χ0v) is 26.3. The summed E-state index contributed by atoms with van der Waals surface area (Å²) in [6.07, 6.45) is 11.1. The minimum Gasteiger partial charge on any atom is -0.394 e. The third-order valence-corrected chi connectivity index (χ3v) is 3.80. The molecule has 2 N–H and O–H groups in total. The summed E-state index contributed by atoms with van der Waals surface area (Å²) >= 11 is 0. The molecule has 0 bridgehead atoms. The lowest BCUT2D eigenvalue weighted by atomic mass is 9.89. The Kier molecular flexibility index (Phi) is 45.2. The Hall–Kier alpha value is -0.160. The van der Waals surface area contributed by atoms with E-state index < -0.39 is 0 Å². The van der Waals surface area contributed by atoms with Crippen molar-refractivity contribution in [3.8, 4) is 0 Å². The van der Waals surface area contributed by atoms with Crippen molar-refractivity contribution in [1.29, 1.82) is 0 Å². The van der Waals surface area contributed by atoms with Crippen LogP contribution < -0.4 is 0 Å². The Balaban J connectivity index is -0.000000112. The number of rotatable bonds is 12. The minimum atomic E-state index is -0.167.